The van der Waals surface area contributed by atoms with E-state index in [1.807, 2.05) is 24.3 Å². The lowest BCUT2D eigenvalue weighted by Crippen LogP contribution is -2.39. The molecule has 0 spiro atoms. The molecule has 23 heavy (non-hydrogen) atoms. The highest BCUT2D eigenvalue weighted by Crippen LogP contribution is 2.31. The average molecular weight is 326 g/mol. The zero-order valence-corrected chi connectivity index (χ0v) is 13.6. The molecule has 1 aliphatic heterocycles. The average Bonchev–Trinajstić information content (AvgIpc) is 2.56. The molecule has 1 aromatic rings. The van der Waals surface area contributed by atoms with Gasteiger partial charge in [-0.15, -0.1) is 0 Å². The molecule has 0 saturated carbocycles. The number of rotatable bonds is 7. The van der Waals surface area contributed by atoms with E-state index in [4.69, 9.17) is 20.9 Å². The van der Waals surface area contributed by atoms with Crippen LogP contribution in [0.5, 0.6) is 0 Å². The van der Waals surface area contributed by atoms with Crippen LogP contribution in [0.4, 0.5) is 4.39 Å². The minimum atomic E-state index is -0.762. The summed E-state index contributed by atoms with van der Waals surface area (Å²) in [5.41, 5.74) is 13.0. The predicted molar refractivity (Wildman–Crippen MR) is 86.7 cm³/mol. The van der Waals surface area contributed by atoms with Crippen LogP contribution in [0.25, 0.3) is 0 Å². The van der Waals surface area contributed by atoms with Crippen LogP contribution >= 0.6 is 0 Å². The summed E-state index contributed by atoms with van der Waals surface area (Å²) in [5, 5.41) is 10.6. The van der Waals surface area contributed by atoms with Crippen molar-refractivity contribution in [2.24, 2.45) is 11.5 Å². The van der Waals surface area contributed by atoms with Gasteiger partial charge in [0.2, 0.25) is 0 Å². The molecule has 1 aliphatic rings. The van der Waals surface area contributed by atoms with E-state index in [9.17, 15) is 9.50 Å². The summed E-state index contributed by atoms with van der Waals surface area (Å²) in [7, 11) is 1.51. The highest BCUT2D eigenvalue weighted by atomic mass is 19.1. The Balaban J connectivity index is 2.03. The van der Waals surface area contributed by atoms with E-state index in [2.05, 4.69) is 0 Å². The Morgan fingerprint density at radius 1 is 1.22 bits per heavy atom. The molecule has 2 rings (SSSR count). The molecule has 3 atom stereocenters. The van der Waals surface area contributed by atoms with Gasteiger partial charge in [0.15, 0.2) is 0 Å². The number of halogens is 1. The van der Waals surface area contributed by atoms with Crippen LogP contribution in [0.2, 0.25) is 0 Å². The van der Waals surface area contributed by atoms with Crippen molar-refractivity contribution in [1.82, 2.24) is 0 Å². The Hall–Kier alpha value is -1.05. The Bertz CT molecular complexity index is 477. The van der Waals surface area contributed by atoms with E-state index in [0.717, 1.165) is 11.1 Å². The van der Waals surface area contributed by atoms with Gasteiger partial charge in [-0.3, -0.25) is 0 Å². The van der Waals surface area contributed by atoms with Crippen LogP contribution in [-0.2, 0) is 9.47 Å². The first-order chi connectivity index (χ1) is 11.0. The molecule has 1 heterocycles. The number of methoxy groups -OCH3 is 1. The van der Waals surface area contributed by atoms with Gasteiger partial charge in [0.25, 0.3) is 0 Å². The maximum atomic E-state index is 12.8. The maximum absolute atomic E-state index is 12.8. The number of aliphatic hydroxyl groups is 1. The number of benzene rings is 1. The van der Waals surface area contributed by atoms with Gasteiger partial charge in [-0.05, 0) is 30.4 Å². The summed E-state index contributed by atoms with van der Waals surface area (Å²) in [6.45, 7) is 0.493. The number of alkyl halides is 1. The highest BCUT2D eigenvalue weighted by molar-refractivity contribution is 5.27. The van der Waals surface area contributed by atoms with E-state index < -0.39 is 24.4 Å². The van der Waals surface area contributed by atoms with Crippen LogP contribution in [0.3, 0.4) is 0 Å². The number of hydrogen-bond donors (Lipinski definition) is 3. The molecule has 0 radical (unpaired) electrons. The molecule has 5 nitrogen and oxygen atoms in total. The molecule has 0 amide bonds. The van der Waals surface area contributed by atoms with Crippen molar-refractivity contribution in [3.05, 3.63) is 35.4 Å². The Morgan fingerprint density at radius 2 is 1.78 bits per heavy atom. The zero-order valence-electron chi connectivity index (χ0n) is 13.6. The fourth-order valence-electron chi connectivity index (χ4n) is 3.05. The van der Waals surface area contributed by atoms with Crippen molar-refractivity contribution < 1.29 is 19.0 Å². The normalized spacial score (nSPS) is 21.6. The van der Waals surface area contributed by atoms with Crippen LogP contribution in [0.1, 0.15) is 42.5 Å². The third-order valence-corrected chi connectivity index (χ3v) is 4.54. The number of nitrogens with two attached hydrogens (primary N) is 2. The SMILES string of the molecule is CO[C@H](c1ccc(C(N)CC2(O)CCOCC2)cc1)[C@H](N)CF. The smallest absolute Gasteiger partial charge is 0.107 e. The Kier molecular flexibility index (Phi) is 6.50. The second kappa shape index (κ2) is 8.17. The van der Waals surface area contributed by atoms with Crippen molar-refractivity contribution in [1.29, 1.82) is 0 Å². The number of hydrogen-bond acceptors (Lipinski definition) is 5. The van der Waals surface area contributed by atoms with Crippen molar-refractivity contribution in [3.63, 3.8) is 0 Å². The Morgan fingerprint density at radius 3 is 2.30 bits per heavy atom. The zero-order chi connectivity index (χ0) is 16.9. The van der Waals surface area contributed by atoms with Gasteiger partial charge in [0.05, 0.1) is 17.7 Å². The monoisotopic (exact) mass is 326 g/mol. The van der Waals surface area contributed by atoms with Gasteiger partial charge in [-0.1, -0.05) is 24.3 Å². The van der Waals surface area contributed by atoms with Gasteiger partial charge in [-0.2, -0.15) is 0 Å². The predicted octanol–water partition coefficient (Wildman–Crippen LogP) is 1.60. The van der Waals surface area contributed by atoms with Crippen LogP contribution in [0.15, 0.2) is 24.3 Å². The summed E-state index contributed by atoms with van der Waals surface area (Å²) in [6, 6.07) is 6.53. The molecular formula is C17H27FN2O3. The second-order valence-electron chi connectivity index (χ2n) is 6.29. The van der Waals surface area contributed by atoms with Gasteiger partial charge < -0.3 is 26.0 Å². The molecule has 1 aromatic carbocycles. The quantitative estimate of drug-likeness (QED) is 0.708. The standard InChI is InChI=1S/C17H27FN2O3/c1-22-16(15(20)11-18)13-4-2-12(3-5-13)14(19)10-17(21)6-8-23-9-7-17/h2-5,14-16,21H,6-11,19-20H2,1H3/t14?,15-,16-/m1/s1. The molecular weight excluding hydrogens is 299 g/mol. The molecule has 130 valence electrons. The van der Waals surface area contributed by atoms with E-state index in [-0.39, 0.29) is 6.04 Å². The van der Waals surface area contributed by atoms with Crippen molar-refractivity contribution >= 4 is 0 Å². The van der Waals surface area contributed by atoms with Crippen molar-refractivity contribution in [2.45, 2.75) is 43.1 Å². The summed E-state index contributed by atoms with van der Waals surface area (Å²) in [4.78, 5) is 0. The van der Waals surface area contributed by atoms with Gasteiger partial charge in [0.1, 0.15) is 6.67 Å². The number of ether oxygens (including phenoxy) is 2. The van der Waals surface area contributed by atoms with Crippen molar-refractivity contribution in [2.75, 3.05) is 27.0 Å². The molecule has 0 aliphatic carbocycles. The molecule has 1 unspecified atom stereocenters. The molecule has 0 aromatic heterocycles. The summed E-state index contributed by atoms with van der Waals surface area (Å²) in [6.07, 6.45) is 1.23. The first-order valence-corrected chi connectivity index (χ1v) is 7.99. The van der Waals surface area contributed by atoms with Crippen LogP contribution in [0, 0.1) is 0 Å². The topological polar surface area (TPSA) is 90.7 Å². The van der Waals surface area contributed by atoms with Crippen LogP contribution in [-0.4, -0.2) is 43.7 Å². The molecule has 1 fully saturated rings. The fourth-order valence-corrected chi connectivity index (χ4v) is 3.05. The van der Waals surface area contributed by atoms with E-state index in [0.29, 0.717) is 32.5 Å². The second-order valence-corrected chi connectivity index (χ2v) is 6.29. The lowest BCUT2D eigenvalue weighted by Gasteiger charge is -2.34. The maximum Gasteiger partial charge on any atom is 0.107 e. The first-order valence-electron chi connectivity index (χ1n) is 7.99. The van der Waals surface area contributed by atoms with Gasteiger partial charge in [0, 0.05) is 26.4 Å². The van der Waals surface area contributed by atoms with Gasteiger partial charge in [-0.25, -0.2) is 4.39 Å². The lowest BCUT2D eigenvalue weighted by molar-refractivity contribution is -0.0713. The van der Waals surface area contributed by atoms with E-state index in [1.165, 1.54) is 7.11 Å². The molecule has 5 N–H and O–H groups in total. The third-order valence-electron chi connectivity index (χ3n) is 4.54. The minimum absolute atomic E-state index is 0.261. The summed E-state index contributed by atoms with van der Waals surface area (Å²) < 4.78 is 23.3. The van der Waals surface area contributed by atoms with E-state index >= 15 is 0 Å². The highest BCUT2D eigenvalue weighted by Gasteiger charge is 2.32. The summed E-state index contributed by atoms with van der Waals surface area (Å²) >= 11 is 0. The lowest BCUT2D eigenvalue weighted by atomic mass is 9.85. The Labute approximate surface area is 136 Å². The molecule has 0 bridgehead atoms. The minimum Gasteiger partial charge on any atom is -0.390 e. The third kappa shape index (κ3) is 4.71. The largest absolute Gasteiger partial charge is 0.390 e. The first kappa shape index (κ1) is 18.3. The molecule has 1 saturated heterocycles. The van der Waals surface area contributed by atoms with Crippen molar-refractivity contribution in [3.8, 4) is 0 Å². The summed E-state index contributed by atoms with van der Waals surface area (Å²) in [5.74, 6) is 0. The molecule has 6 heteroatoms. The van der Waals surface area contributed by atoms with Gasteiger partial charge >= 0.3 is 0 Å². The van der Waals surface area contributed by atoms with Crippen LogP contribution < -0.4 is 11.5 Å². The fraction of sp³-hybridized carbons (Fsp3) is 0.647. The van der Waals surface area contributed by atoms with E-state index in [1.54, 1.807) is 0 Å².